The van der Waals surface area contributed by atoms with Gasteiger partial charge in [0.1, 0.15) is 0 Å². The molecular weight excluding hydrogens is 254 g/mol. The molecule has 0 amide bonds. The zero-order valence-electron chi connectivity index (χ0n) is 11.8. The van der Waals surface area contributed by atoms with Gasteiger partial charge in [-0.05, 0) is 31.0 Å². The molecule has 2 N–H and O–H groups in total. The Labute approximate surface area is 119 Å². The first kappa shape index (κ1) is 14.0. The number of aromatic nitrogens is 1. The fraction of sp³-hybridized carbons (Fsp3) is 0.400. The quantitative estimate of drug-likeness (QED) is 0.908. The van der Waals surface area contributed by atoms with Crippen LogP contribution in [-0.2, 0) is 6.54 Å². The number of anilines is 1. The van der Waals surface area contributed by atoms with E-state index in [0.29, 0.717) is 0 Å². The number of hydrogen-bond donors (Lipinski definition) is 1. The minimum atomic E-state index is 0.142. The van der Waals surface area contributed by atoms with E-state index in [1.807, 2.05) is 5.51 Å². The highest BCUT2D eigenvalue weighted by molar-refractivity contribution is 7.09. The molecule has 0 unspecified atom stereocenters. The van der Waals surface area contributed by atoms with Gasteiger partial charge in [0, 0.05) is 23.7 Å². The highest BCUT2D eigenvalue weighted by atomic mass is 32.1. The SMILES string of the molecule is CC[C@@H](N)c1ccc(N(C)Cc2scnc2C)cc1. The van der Waals surface area contributed by atoms with Crippen LogP contribution in [-0.4, -0.2) is 12.0 Å². The van der Waals surface area contributed by atoms with Crippen molar-refractivity contribution in [2.75, 3.05) is 11.9 Å². The summed E-state index contributed by atoms with van der Waals surface area (Å²) in [5.41, 5.74) is 11.5. The van der Waals surface area contributed by atoms with E-state index in [9.17, 15) is 0 Å². The fourth-order valence-corrected chi connectivity index (χ4v) is 2.83. The second-order valence-electron chi connectivity index (χ2n) is 4.82. The van der Waals surface area contributed by atoms with Crippen LogP contribution in [0.25, 0.3) is 0 Å². The van der Waals surface area contributed by atoms with Crippen LogP contribution >= 0.6 is 11.3 Å². The number of rotatable bonds is 5. The molecule has 1 heterocycles. The number of thiazole rings is 1. The Balaban J connectivity index is 2.07. The first-order valence-corrected chi connectivity index (χ1v) is 7.45. The van der Waals surface area contributed by atoms with Gasteiger partial charge in [0.2, 0.25) is 0 Å². The lowest BCUT2D eigenvalue weighted by atomic mass is 10.1. The van der Waals surface area contributed by atoms with Crippen LogP contribution < -0.4 is 10.6 Å². The van der Waals surface area contributed by atoms with Gasteiger partial charge in [-0.2, -0.15) is 0 Å². The number of nitrogens with zero attached hydrogens (tertiary/aromatic N) is 2. The van der Waals surface area contributed by atoms with Crippen LogP contribution in [0.15, 0.2) is 29.8 Å². The summed E-state index contributed by atoms with van der Waals surface area (Å²) in [6, 6.07) is 8.67. The van der Waals surface area contributed by atoms with Crippen molar-refractivity contribution < 1.29 is 0 Å². The lowest BCUT2D eigenvalue weighted by Gasteiger charge is -2.19. The Morgan fingerprint density at radius 1 is 1.32 bits per heavy atom. The molecule has 0 spiro atoms. The Kier molecular flexibility index (Phi) is 4.56. The summed E-state index contributed by atoms with van der Waals surface area (Å²) in [4.78, 5) is 7.84. The van der Waals surface area contributed by atoms with Gasteiger partial charge in [0.15, 0.2) is 0 Å². The number of hydrogen-bond acceptors (Lipinski definition) is 4. The van der Waals surface area contributed by atoms with E-state index in [2.05, 4.69) is 55.0 Å². The predicted molar refractivity (Wildman–Crippen MR) is 82.6 cm³/mol. The molecule has 0 bridgehead atoms. The molecule has 1 aromatic carbocycles. The van der Waals surface area contributed by atoms with Crippen molar-refractivity contribution in [3.8, 4) is 0 Å². The molecule has 2 rings (SSSR count). The van der Waals surface area contributed by atoms with Crippen molar-refractivity contribution in [2.24, 2.45) is 5.73 Å². The summed E-state index contributed by atoms with van der Waals surface area (Å²) in [5.74, 6) is 0. The summed E-state index contributed by atoms with van der Waals surface area (Å²) in [6.45, 7) is 5.07. The fourth-order valence-electron chi connectivity index (χ4n) is 2.00. The molecule has 3 nitrogen and oxygen atoms in total. The third kappa shape index (κ3) is 3.33. The van der Waals surface area contributed by atoms with Crippen LogP contribution in [0, 0.1) is 6.92 Å². The van der Waals surface area contributed by atoms with Crippen molar-refractivity contribution in [1.29, 1.82) is 0 Å². The summed E-state index contributed by atoms with van der Waals surface area (Å²) in [7, 11) is 2.11. The van der Waals surface area contributed by atoms with Crippen molar-refractivity contribution in [1.82, 2.24) is 4.98 Å². The average Bonchev–Trinajstić information content (AvgIpc) is 2.83. The molecule has 19 heavy (non-hydrogen) atoms. The largest absolute Gasteiger partial charge is 0.369 e. The van der Waals surface area contributed by atoms with Gasteiger partial charge < -0.3 is 10.6 Å². The summed E-state index contributed by atoms with van der Waals surface area (Å²) >= 11 is 1.71. The van der Waals surface area contributed by atoms with Gasteiger partial charge in [0.05, 0.1) is 17.7 Å². The lowest BCUT2D eigenvalue weighted by Crippen LogP contribution is -2.16. The molecule has 0 saturated carbocycles. The lowest BCUT2D eigenvalue weighted by molar-refractivity contribution is 0.698. The van der Waals surface area contributed by atoms with Crippen molar-refractivity contribution in [3.63, 3.8) is 0 Å². The molecule has 2 aromatic rings. The first-order chi connectivity index (χ1) is 9.11. The van der Waals surface area contributed by atoms with Gasteiger partial charge in [-0.25, -0.2) is 4.98 Å². The molecule has 1 aromatic heterocycles. The van der Waals surface area contributed by atoms with E-state index in [1.165, 1.54) is 16.1 Å². The molecule has 102 valence electrons. The van der Waals surface area contributed by atoms with Crippen LogP contribution in [0.2, 0.25) is 0 Å². The smallest absolute Gasteiger partial charge is 0.0798 e. The van der Waals surface area contributed by atoms with E-state index in [4.69, 9.17) is 5.73 Å². The highest BCUT2D eigenvalue weighted by Gasteiger charge is 2.08. The Morgan fingerprint density at radius 3 is 2.53 bits per heavy atom. The minimum Gasteiger partial charge on any atom is -0.369 e. The molecule has 0 aliphatic carbocycles. The number of benzene rings is 1. The summed E-state index contributed by atoms with van der Waals surface area (Å²) < 4.78 is 0. The molecule has 1 atom stereocenters. The van der Waals surface area contributed by atoms with E-state index in [1.54, 1.807) is 11.3 Å². The van der Waals surface area contributed by atoms with E-state index >= 15 is 0 Å². The monoisotopic (exact) mass is 275 g/mol. The van der Waals surface area contributed by atoms with Crippen molar-refractivity contribution in [2.45, 2.75) is 32.9 Å². The standard InChI is InChI=1S/C15H21N3S/c1-4-14(16)12-5-7-13(8-6-12)18(3)9-15-11(2)17-10-19-15/h5-8,10,14H,4,9,16H2,1-3H3/t14-/m1/s1. The molecule has 0 aliphatic heterocycles. The van der Waals surface area contributed by atoms with Gasteiger partial charge in [-0.3, -0.25) is 0 Å². The maximum atomic E-state index is 6.03. The zero-order chi connectivity index (χ0) is 13.8. The highest BCUT2D eigenvalue weighted by Crippen LogP contribution is 2.22. The second-order valence-corrected chi connectivity index (χ2v) is 5.76. The molecule has 4 heteroatoms. The second kappa shape index (κ2) is 6.17. The third-order valence-electron chi connectivity index (χ3n) is 3.43. The normalized spacial score (nSPS) is 12.4. The van der Waals surface area contributed by atoms with Crippen LogP contribution in [0.4, 0.5) is 5.69 Å². The predicted octanol–water partition coefficient (Wildman–Crippen LogP) is 3.50. The third-order valence-corrected chi connectivity index (χ3v) is 4.35. The van der Waals surface area contributed by atoms with Crippen LogP contribution in [0.5, 0.6) is 0 Å². The summed E-state index contributed by atoms with van der Waals surface area (Å²) in [6.07, 6.45) is 0.968. The Morgan fingerprint density at radius 2 is 2.00 bits per heavy atom. The van der Waals surface area contributed by atoms with Gasteiger partial charge in [-0.15, -0.1) is 11.3 Å². The van der Waals surface area contributed by atoms with E-state index in [-0.39, 0.29) is 6.04 Å². The first-order valence-electron chi connectivity index (χ1n) is 6.57. The molecule has 0 saturated heterocycles. The molecule has 0 radical (unpaired) electrons. The van der Waals surface area contributed by atoms with Crippen molar-refractivity contribution >= 4 is 17.0 Å². The van der Waals surface area contributed by atoms with Gasteiger partial charge >= 0.3 is 0 Å². The Bertz CT molecular complexity index is 518. The Hall–Kier alpha value is -1.39. The number of nitrogens with two attached hydrogens (primary N) is 1. The molecule has 0 fully saturated rings. The maximum absolute atomic E-state index is 6.03. The van der Waals surface area contributed by atoms with E-state index < -0.39 is 0 Å². The molecular formula is C15H21N3S. The average molecular weight is 275 g/mol. The number of aryl methyl sites for hydroxylation is 1. The molecule has 0 aliphatic rings. The summed E-state index contributed by atoms with van der Waals surface area (Å²) in [5, 5.41) is 0. The van der Waals surface area contributed by atoms with Gasteiger partial charge in [-0.1, -0.05) is 19.1 Å². The van der Waals surface area contributed by atoms with Crippen LogP contribution in [0.1, 0.15) is 35.5 Å². The van der Waals surface area contributed by atoms with Crippen LogP contribution in [0.3, 0.4) is 0 Å². The maximum Gasteiger partial charge on any atom is 0.0798 e. The zero-order valence-corrected chi connectivity index (χ0v) is 12.6. The van der Waals surface area contributed by atoms with Gasteiger partial charge in [0.25, 0.3) is 0 Å². The minimum absolute atomic E-state index is 0.142. The van der Waals surface area contributed by atoms with E-state index in [0.717, 1.165) is 18.7 Å². The topological polar surface area (TPSA) is 42.1 Å². The van der Waals surface area contributed by atoms with Crippen molar-refractivity contribution in [3.05, 3.63) is 45.9 Å².